The minimum atomic E-state index is -0.471. The normalized spacial score (nSPS) is 21.9. The molecule has 80 valence electrons. The SMILES string of the molecule is CCNC(=O)C(=O)N1CCCCC1C. The predicted octanol–water partition coefficient (Wildman–Crippen LogP) is 0.523. The summed E-state index contributed by atoms with van der Waals surface area (Å²) < 4.78 is 0. The van der Waals surface area contributed by atoms with Crippen LogP contribution in [0.4, 0.5) is 0 Å². The Bertz CT molecular complexity index is 228. The molecule has 0 spiro atoms. The van der Waals surface area contributed by atoms with E-state index in [-0.39, 0.29) is 11.9 Å². The van der Waals surface area contributed by atoms with Crippen LogP contribution in [0.3, 0.4) is 0 Å². The fourth-order valence-electron chi connectivity index (χ4n) is 1.77. The maximum absolute atomic E-state index is 11.6. The van der Waals surface area contributed by atoms with Crippen LogP contribution >= 0.6 is 0 Å². The Kier molecular flexibility index (Phi) is 3.92. The van der Waals surface area contributed by atoms with E-state index in [2.05, 4.69) is 5.32 Å². The van der Waals surface area contributed by atoms with Crippen molar-refractivity contribution in [3.63, 3.8) is 0 Å². The van der Waals surface area contributed by atoms with Gasteiger partial charge in [0.25, 0.3) is 0 Å². The van der Waals surface area contributed by atoms with E-state index < -0.39 is 5.91 Å². The maximum atomic E-state index is 11.6. The Labute approximate surface area is 84.7 Å². The molecule has 0 saturated carbocycles. The number of piperidine rings is 1. The van der Waals surface area contributed by atoms with Gasteiger partial charge in [0, 0.05) is 19.1 Å². The lowest BCUT2D eigenvalue weighted by molar-refractivity contribution is -0.148. The molecule has 1 N–H and O–H groups in total. The molecular formula is C10H18N2O2. The van der Waals surface area contributed by atoms with Crippen LogP contribution < -0.4 is 5.32 Å². The van der Waals surface area contributed by atoms with E-state index in [0.717, 1.165) is 25.8 Å². The summed E-state index contributed by atoms with van der Waals surface area (Å²) in [6.45, 7) is 5.03. The number of hydrogen-bond acceptors (Lipinski definition) is 2. The molecule has 0 aromatic rings. The van der Waals surface area contributed by atoms with Crippen LogP contribution in [0.5, 0.6) is 0 Å². The number of carbonyl (C=O) groups is 2. The Hall–Kier alpha value is -1.06. The lowest BCUT2D eigenvalue weighted by Gasteiger charge is -2.32. The topological polar surface area (TPSA) is 49.4 Å². The van der Waals surface area contributed by atoms with Gasteiger partial charge in [-0.15, -0.1) is 0 Å². The summed E-state index contributed by atoms with van der Waals surface area (Å²) in [5.41, 5.74) is 0. The average molecular weight is 198 g/mol. The highest BCUT2D eigenvalue weighted by molar-refractivity contribution is 6.35. The largest absolute Gasteiger partial charge is 0.348 e. The molecule has 2 amide bonds. The van der Waals surface area contributed by atoms with Crippen molar-refractivity contribution < 1.29 is 9.59 Å². The van der Waals surface area contributed by atoms with Crippen LogP contribution in [0.1, 0.15) is 33.1 Å². The number of rotatable bonds is 1. The number of amides is 2. The summed E-state index contributed by atoms with van der Waals surface area (Å²) in [6.07, 6.45) is 3.17. The molecule has 1 saturated heterocycles. The maximum Gasteiger partial charge on any atom is 0.312 e. The van der Waals surface area contributed by atoms with Crippen LogP contribution in [0.2, 0.25) is 0 Å². The van der Waals surface area contributed by atoms with Crippen molar-refractivity contribution in [1.82, 2.24) is 10.2 Å². The molecule has 0 aromatic carbocycles. The van der Waals surface area contributed by atoms with Crippen LogP contribution in [-0.2, 0) is 9.59 Å². The van der Waals surface area contributed by atoms with Gasteiger partial charge in [-0.3, -0.25) is 9.59 Å². The highest BCUT2D eigenvalue weighted by Gasteiger charge is 2.27. The summed E-state index contributed by atoms with van der Waals surface area (Å²) in [6, 6.07) is 0.207. The fourth-order valence-corrected chi connectivity index (χ4v) is 1.77. The van der Waals surface area contributed by atoms with Crippen molar-refractivity contribution in [3.05, 3.63) is 0 Å². The van der Waals surface area contributed by atoms with Gasteiger partial charge in [0.05, 0.1) is 0 Å². The number of hydrogen-bond donors (Lipinski definition) is 1. The number of likely N-dealkylation sites (N-methyl/N-ethyl adjacent to an activating group) is 1. The Morgan fingerprint density at radius 2 is 2.14 bits per heavy atom. The summed E-state index contributed by atoms with van der Waals surface area (Å²) in [5.74, 6) is -0.847. The summed E-state index contributed by atoms with van der Waals surface area (Å²) in [5, 5.41) is 2.53. The van der Waals surface area contributed by atoms with Crippen LogP contribution in [0, 0.1) is 0 Å². The first-order valence-corrected chi connectivity index (χ1v) is 5.25. The minimum Gasteiger partial charge on any atom is -0.348 e. The second-order valence-corrected chi connectivity index (χ2v) is 3.70. The lowest BCUT2D eigenvalue weighted by atomic mass is 10.0. The zero-order valence-electron chi connectivity index (χ0n) is 8.88. The van der Waals surface area contributed by atoms with Gasteiger partial charge in [-0.25, -0.2) is 0 Å². The molecule has 1 aliphatic rings. The van der Waals surface area contributed by atoms with Gasteiger partial charge in [-0.2, -0.15) is 0 Å². The standard InChI is InChI=1S/C10H18N2O2/c1-3-11-9(13)10(14)12-7-5-4-6-8(12)2/h8H,3-7H2,1-2H3,(H,11,13). The third kappa shape index (κ3) is 2.47. The molecule has 1 atom stereocenters. The lowest BCUT2D eigenvalue weighted by Crippen LogP contribution is -2.48. The first kappa shape index (κ1) is 11.0. The first-order chi connectivity index (χ1) is 6.66. The molecular weight excluding hydrogens is 180 g/mol. The molecule has 0 radical (unpaired) electrons. The Morgan fingerprint density at radius 1 is 1.43 bits per heavy atom. The molecule has 1 fully saturated rings. The van der Waals surface area contributed by atoms with Gasteiger partial charge in [-0.1, -0.05) is 0 Å². The smallest absolute Gasteiger partial charge is 0.312 e. The third-order valence-corrected chi connectivity index (χ3v) is 2.60. The van der Waals surface area contributed by atoms with Crippen molar-refractivity contribution in [3.8, 4) is 0 Å². The van der Waals surface area contributed by atoms with Gasteiger partial charge in [-0.05, 0) is 33.1 Å². The molecule has 0 aromatic heterocycles. The highest BCUT2D eigenvalue weighted by Crippen LogP contribution is 2.16. The van der Waals surface area contributed by atoms with Crippen molar-refractivity contribution in [2.45, 2.75) is 39.2 Å². The van der Waals surface area contributed by atoms with Crippen molar-refractivity contribution >= 4 is 11.8 Å². The number of nitrogens with zero attached hydrogens (tertiary/aromatic N) is 1. The van der Waals surface area contributed by atoms with Crippen molar-refractivity contribution in [2.75, 3.05) is 13.1 Å². The van der Waals surface area contributed by atoms with Gasteiger partial charge in [0.15, 0.2) is 0 Å². The number of likely N-dealkylation sites (tertiary alicyclic amines) is 1. The van der Waals surface area contributed by atoms with E-state index in [1.807, 2.05) is 13.8 Å². The third-order valence-electron chi connectivity index (χ3n) is 2.60. The molecule has 0 bridgehead atoms. The molecule has 1 rings (SSSR count). The zero-order valence-corrected chi connectivity index (χ0v) is 8.88. The average Bonchev–Trinajstić information content (AvgIpc) is 2.18. The fraction of sp³-hybridized carbons (Fsp3) is 0.800. The monoisotopic (exact) mass is 198 g/mol. The van der Waals surface area contributed by atoms with Crippen LogP contribution in [-0.4, -0.2) is 35.8 Å². The summed E-state index contributed by atoms with van der Waals surface area (Å²) in [4.78, 5) is 24.6. The number of carbonyl (C=O) groups excluding carboxylic acids is 2. The molecule has 4 nitrogen and oxygen atoms in total. The van der Waals surface area contributed by atoms with Gasteiger partial charge in [0.2, 0.25) is 0 Å². The van der Waals surface area contributed by atoms with E-state index in [1.165, 1.54) is 0 Å². The van der Waals surface area contributed by atoms with Crippen molar-refractivity contribution in [1.29, 1.82) is 0 Å². The quantitative estimate of drug-likeness (QED) is 0.625. The molecule has 1 unspecified atom stereocenters. The highest BCUT2D eigenvalue weighted by atomic mass is 16.2. The summed E-state index contributed by atoms with van der Waals surface area (Å²) in [7, 11) is 0. The van der Waals surface area contributed by atoms with Crippen molar-refractivity contribution in [2.24, 2.45) is 0 Å². The van der Waals surface area contributed by atoms with E-state index in [4.69, 9.17) is 0 Å². The zero-order chi connectivity index (χ0) is 10.6. The number of nitrogens with one attached hydrogen (secondary N) is 1. The summed E-state index contributed by atoms with van der Waals surface area (Å²) >= 11 is 0. The second-order valence-electron chi connectivity index (χ2n) is 3.70. The van der Waals surface area contributed by atoms with E-state index in [9.17, 15) is 9.59 Å². The van der Waals surface area contributed by atoms with Crippen LogP contribution in [0.15, 0.2) is 0 Å². The molecule has 4 heteroatoms. The Morgan fingerprint density at radius 3 is 2.71 bits per heavy atom. The van der Waals surface area contributed by atoms with E-state index in [0.29, 0.717) is 6.54 Å². The molecule has 1 heterocycles. The van der Waals surface area contributed by atoms with Gasteiger partial charge in [0.1, 0.15) is 0 Å². The van der Waals surface area contributed by atoms with Crippen LogP contribution in [0.25, 0.3) is 0 Å². The van der Waals surface area contributed by atoms with Gasteiger partial charge < -0.3 is 10.2 Å². The predicted molar refractivity (Wildman–Crippen MR) is 53.7 cm³/mol. The second kappa shape index (κ2) is 4.98. The Balaban J connectivity index is 2.53. The molecule has 1 aliphatic heterocycles. The van der Waals surface area contributed by atoms with E-state index in [1.54, 1.807) is 4.90 Å². The van der Waals surface area contributed by atoms with E-state index >= 15 is 0 Å². The minimum absolute atomic E-state index is 0.207. The van der Waals surface area contributed by atoms with Gasteiger partial charge >= 0.3 is 11.8 Å². The first-order valence-electron chi connectivity index (χ1n) is 5.25. The molecule has 0 aliphatic carbocycles. The molecule has 14 heavy (non-hydrogen) atoms.